The number of benzene rings is 1. The van der Waals surface area contributed by atoms with Crippen LogP contribution in [0.15, 0.2) is 24.3 Å². The summed E-state index contributed by atoms with van der Waals surface area (Å²) in [4.78, 5) is 12.9. The van der Waals surface area contributed by atoms with E-state index in [0.717, 1.165) is 38.8 Å². The fourth-order valence-corrected chi connectivity index (χ4v) is 3.64. The number of carbonyl (C=O) groups is 1. The average molecular weight is 325 g/mol. The van der Waals surface area contributed by atoms with Gasteiger partial charge in [0.25, 0.3) is 0 Å². The minimum Gasteiger partial charge on any atom is -0.384 e. The molecule has 0 aromatic heterocycles. The second-order valence-corrected chi connectivity index (χ2v) is 6.23. The van der Waals surface area contributed by atoms with Crippen molar-refractivity contribution in [1.82, 2.24) is 10.6 Å². The van der Waals surface area contributed by atoms with Crippen LogP contribution in [0.2, 0.25) is 0 Å². The van der Waals surface area contributed by atoms with E-state index < -0.39 is 0 Å². The lowest BCUT2D eigenvalue weighted by molar-refractivity contribution is -0.137. The summed E-state index contributed by atoms with van der Waals surface area (Å²) in [7, 11) is 1.68. The van der Waals surface area contributed by atoms with Crippen LogP contribution >= 0.6 is 12.4 Å². The van der Waals surface area contributed by atoms with Crippen molar-refractivity contribution in [3.8, 4) is 0 Å². The third-order valence-corrected chi connectivity index (χ3v) is 4.90. The number of hydrogen-bond donors (Lipinski definition) is 2. The van der Waals surface area contributed by atoms with Gasteiger partial charge in [0.15, 0.2) is 0 Å². The Labute approximate surface area is 138 Å². The van der Waals surface area contributed by atoms with Crippen LogP contribution in [0, 0.1) is 5.41 Å². The first-order valence-corrected chi connectivity index (χ1v) is 7.84. The van der Waals surface area contributed by atoms with Crippen molar-refractivity contribution in [3.63, 3.8) is 0 Å². The molecule has 1 unspecified atom stereocenters. The van der Waals surface area contributed by atoms with Crippen molar-refractivity contribution in [3.05, 3.63) is 35.4 Å². The minimum absolute atomic E-state index is 0. The molecule has 0 radical (unpaired) electrons. The van der Waals surface area contributed by atoms with Crippen LogP contribution < -0.4 is 10.6 Å². The van der Waals surface area contributed by atoms with Crippen LogP contribution in [0.3, 0.4) is 0 Å². The summed E-state index contributed by atoms with van der Waals surface area (Å²) in [6.45, 7) is 2.28. The largest absolute Gasteiger partial charge is 0.384 e. The molecule has 0 spiro atoms. The van der Waals surface area contributed by atoms with Gasteiger partial charge < -0.3 is 15.4 Å². The zero-order valence-corrected chi connectivity index (χ0v) is 13.9. The molecule has 1 atom stereocenters. The number of fused-ring (bicyclic) bond motifs is 1. The molecule has 0 saturated carbocycles. The van der Waals surface area contributed by atoms with Gasteiger partial charge in [-0.05, 0) is 49.9 Å². The quantitative estimate of drug-likeness (QED) is 0.893. The monoisotopic (exact) mass is 324 g/mol. The molecule has 1 amide bonds. The van der Waals surface area contributed by atoms with Crippen LogP contribution in [-0.4, -0.2) is 32.7 Å². The van der Waals surface area contributed by atoms with Crippen LogP contribution in [0.5, 0.6) is 0 Å². The van der Waals surface area contributed by atoms with Gasteiger partial charge >= 0.3 is 0 Å². The Morgan fingerprint density at radius 2 is 2.09 bits per heavy atom. The number of aryl methyl sites for hydroxylation is 1. The molecule has 22 heavy (non-hydrogen) atoms. The van der Waals surface area contributed by atoms with E-state index in [0.29, 0.717) is 6.61 Å². The van der Waals surface area contributed by atoms with Crippen molar-refractivity contribution in [2.24, 2.45) is 5.41 Å². The first-order chi connectivity index (χ1) is 10.2. The number of hydrogen-bond acceptors (Lipinski definition) is 3. The van der Waals surface area contributed by atoms with Crippen molar-refractivity contribution in [2.75, 3.05) is 26.8 Å². The Kier molecular flexibility index (Phi) is 5.84. The summed E-state index contributed by atoms with van der Waals surface area (Å²) in [5.74, 6) is 0.160. The molecule has 2 aliphatic rings. The highest BCUT2D eigenvalue weighted by Crippen LogP contribution is 2.34. The van der Waals surface area contributed by atoms with Crippen molar-refractivity contribution in [1.29, 1.82) is 0 Å². The average Bonchev–Trinajstić information content (AvgIpc) is 2.92. The van der Waals surface area contributed by atoms with E-state index in [-0.39, 0.29) is 29.8 Å². The molecule has 1 aliphatic heterocycles. The van der Waals surface area contributed by atoms with Gasteiger partial charge in [0.05, 0.1) is 18.1 Å². The van der Waals surface area contributed by atoms with E-state index in [2.05, 4.69) is 34.9 Å². The number of amides is 1. The fourth-order valence-electron chi connectivity index (χ4n) is 3.64. The molecular formula is C17H25ClN2O2. The second-order valence-electron chi connectivity index (χ2n) is 6.23. The van der Waals surface area contributed by atoms with Crippen molar-refractivity contribution < 1.29 is 9.53 Å². The maximum atomic E-state index is 12.9. The topological polar surface area (TPSA) is 50.4 Å². The van der Waals surface area contributed by atoms with Crippen LogP contribution in [-0.2, 0) is 16.0 Å². The van der Waals surface area contributed by atoms with Crippen LogP contribution in [0.25, 0.3) is 0 Å². The van der Waals surface area contributed by atoms with Gasteiger partial charge in [0, 0.05) is 7.11 Å². The van der Waals surface area contributed by atoms with Gasteiger partial charge in [0.2, 0.25) is 5.91 Å². The molecule has 4 nitrogen and oxygen atoms in total. The standard InChI is InChI=1S/C17H24N2O2.ClH/c1-21-12-17(8-10-18-11-9-17)16(20)19-15-7-6-13-4-2-3-5-14(13)15;/h2-5,15,18H,6-12H2,1H3,(H,19,20);1H. The number of ether oxygens (including phenoxy) is 1. The van der Waals surface area contributed by atoms with E-state index in [1.165, 1.54) is 11.1 Å². The van der Waals surface area contributed by atoms with Gasteiger partial charge in [-0.1, -0.05) is 24.3 Å². The van der Waals surface area contributed by atoms with Gasteiger partial charge in [-0.15, -0.1) is 12.4 Å². The summed E-state index contributed by atoms with van der Waals surface area (Å²) in [5, 5.41) is 6.61. The molecule has 0 bridgehead atoms. The highest BCUT2D eigenvalue weighted by Gasteiger charge is 2.41. The highest BCUT2D eigenvalue weighted by molar-refractivity contribution is 5.85. The second kappa shape index (κ2) is 7.44. The Hall–Kier alpha value is -1.10. The molecule has 1 aliphatic carbocycles. The van der Waals surface area contributed by atoms with E-state index in [1.54, 1.807) is 7.11 Å². The van der Waals surface area contributed by atoms with Crippen molar-refractivity contribution in [2.45, 2.75) is 31.7 Å². The Morgan fingerprint density at radius 1 is 1.36 bits per heavy atom. The Balaban J connectivity index is 0.00000176. The molecular weight excluding hydrogens is 300 g/mol. The number of methoxy groups -OCH3 is 1. The van der Waals surface area contributed by atoms with Crippen LogP contribution in [0.4, 0.5) is 0 Å². The molecule has 3 rings (SSSR count). The first-order valence-electron chi connectivity index (χ1n) is 7.84. The summed E-state index contributed by atoms with van der Waals surface area (Å²) in [6.07, 6.45) is 3.76. The van der Waals surface area contributed by atoms with E-state index in [1.807, 2.05) is 0 Å². The molecule has 1 heterocycles. The lowest BCUT2D eigenvalue weighted by Gasteiger charge is -2.36. The highest BCUT2D eigenvalue weighted by atomic mass is 35.5. The van der Waals surface area contributed by atoms with E-state index in [9.17, 15) is 4.79 Å². The number of piperidine rings is 1. The summed E-state index contributed by atoms with van der Waals surface area (Å²) in [6, 6.07) is 8.59. The smallest absolute Gasteiger partial charge is 0.229 e. The number of carbonyl (C=O) groups excluding carboxylic acids is 1. The lowest BCUT2D eigenvalue weighted by atomic mass is 9.78. The zero-order valence-electron chi connectivity index (χ0n) is 13.1. The normalized spacial score (nSPS) is 22.5. The number of rotatable bonds is 4. The minimum atomic E-state index is -0.364. The van der Waals surface area contributed by atoms with Gasteiger partial charge in [-0.3, -0.25) is 4.79 Å². The summed E-state index contributed by atoms with van der Waals surface area (Å²) in [5.41, 5.74) is 2.29. The molecule has 1 aromatic carbocycles. The summed E-state index contributed by atoms with van der Waals surface area (Å²) >= 11 is 0. The molecule has 2 N–H and O–H groups in total. The predicted octanol–water partition coefficient (Wildman–Crippen LogP) is 2.23. The number of nitrogens with one attached hydrogen (secondary N) is 2. The number of halogens is 1. The maximum Gasteiger partial charge on any atom is 0.229 e. The van der Waals surface area contributed by atoms with Gasteiger partial charge in [-0.2, -0.15) is 0 Å². The SMILES string of the molecule is COCC1(C(=O)NC2CCc3ccccc32)CCNCC1.Cl. The third-order valence-electron chi connectivity index (χ3n) is 4.90. The molecule has 1 saturated heterocycles. The Morgan fingerprint density at radius 3 is 2.82 bits per heavy atom. The lowest BCUT2D eigenvalue weighted by Crippen LogP contribution is -2.50. The zero-order chi connectivity index (χ0) is 14.7. The molecule has 5 heteroatoms. The summed E-state index contributed by atoms with van der Waals surface area (Å²) < 4.78 is 5.35. The maximum absolute atomic E-state index is 12.9. The fraction of sp³-hybridized carbons (Fsp3) is 0.588. The van der Waals surface area contributed by atoms with Gasteiger partial charge in [0.1, 0.15) is 0 Å². The third kappa shape index (κ3) is 3.29. The molecule has 1 aromatic rings. The van der Waals surface area contributed by atoms with E-state index in [4.69, 9.17) is 4.74 Å². The Bertz CT molecular complexity index is 510. The van der Waals surface area contributed by atoms with Crippen LogP contribution in [0.1, 0.15) is 36.4 Å². The van der Waals surface area contributed by atoms with Gasteiger partial charge in [-0.25, -0.2) is 0 Å². The molecule has 122 valence electrons. The van der Waals surface area contributed by atoms with Crippen molar-refractivity contribution >= 4 is 18.3 Å². The molecule has 1 fully saturated rings. The van der Waals surface area contributed by atoms with E-state index >= 15 is 0 Å². The predicted molar refractivity (Wildman–Crippen MR) is 89.3 cm³/mol. The first kappa shape index (κ1) is 17.3.